The lowest BCUT2D eigenvalue weighted by molar-refractivity contribution is 0.155. The summed E-state index contributed by atoms with van der Waals surface area (Å²) in [5.74, 6) is 2.66. The van der Waals surface area contributed by atoms with Crippen LogP contribution in [0.2, 0.25) is 0 Å². The molecule has 0 amide bonds. The molecule has 1 rings (SSSR count). The summed E-state index contributed by atoms with van der Waals surface area (Å²) in [6.45, 7) is 1.99. The van der Waals surface area contributed by atoms with Gasteiger partial charge in [0, 0.05) is 0 Å². The number of terminal acetylenes is 1. The SMILES string of the molecule is C#CC(CC)C1OC1O. The van der Waals surface area contributed by atoms with Crippen LogP contribution in [0.4, 0.5) is 0 Å². The second-order valence-corrected chi connectivity index (χ2v) is 2.17. The van der Waals surface area contributed by atoms with E-state index in [-0.39, 0.29) is 12.0 Å². The first-order valence-electron chi connectivity index (χ1n) is 3.09. The largest absolute Gasteiger partial charge is 0.366 e. The van der Waals surface area contributed by atoms with Gasteiger partial charge in [0.25, 0.3) is 0 Å². The maximum Gasteiger partial charge on any atom is 0.183 e. The Morgan fingerprint density at radius 1 is 1.89 bits per heavy atom. The van der Waals surface area contributed by atoms with Crippen LogP contribution in [-0.2, 0) is 4.74 Å². The van der Waals surface area contributed by atoms with E-state index in [4.69, 9.17) is 16.3 Å². The Balaban J connectivity index is 2.34. The van der Waals surface area contributed by atoms with Crippen molar-refractivity contribution in [2.24, 2.45) is 5.92 Å². The Labute approximate surface area is 54.8 Å². The average Bonchev–Trinajstić information content (AvgIpc) is 2.51. The molecule has 3 unspecified atom stereocenters. The molecule has 0 radical (unpaired) electrons. The van der Waals surface area contributed by atoms with Gasteiger partial charge in [0.2, 0.25) is 0 Å². The monoisotopic (exact) mass is 126 g/mol. The minimum atomic E-state index is -0.592. The molecule has 1 saturated heterocycles. The first-order valence-corrected chi connectivity index (χ1v) is 3.09. The van der Waals surface area contributed by atoms with E-state index in [9.17, 15) is 0 Å². The fourth-order valence-corrected chi connectivity index (χ4v) is 0.854. The lowest BCUT2D eigenvalue weighted by Gasteiger charge is -1.98. The number of aliphatic hydroxyl groups is 1. The molecular formula is C7H10O2. The molecule has 9 heavy (non-hydrogen) atoms. The molecule has 1 heterocycles. The molecule has 1 N–H and O–H groups in total. The van der Waals surface area contributed by atoms with Crippen molar-refractivity contribution in [1.29, 1.82) is 0 Å². The van der Waals surface area contributed by atoms with Crippen molar-refractivity contribution in [3.05, 3.63) is 0 Å². The van der Waals surface area contributed by atoms with Crippen molar-refractivity contribution in [2.45, 2.75) is 25.7 Å². The van der Waals surface area contributed by atoms with Gasteiger partial charge in [-0.25, -0.2) is 0 Å². The Morgan fingerprint density at radius 2 is 2.44 bits per heavy atom. The molecule has 2 heteroatoms. The van der Waals surface area contributed by atoms with Gasteiger partial charge in [-0.05, 0) is 6.42 Å². The van der Waals surface area contributed by atoms with E-state index in [0.717, 1.165) is 6.42 Å². The topological polar surface area (TPSA) is 32.8 Å². The second-order valence-electron chi connectivity index (χ2n) is 2.17. The zero-order valence-corrected chi connectivity index (χ0v) is 5.37. The Hall–Kier alpha value is -0.520. The quantitative estimate of drug-likeness (QED) is 0.428. The number of epoxide rings is 1. The summed E-state index contributed by atoms with van der Waals surface area (Å²) in [5, 5.41) is 8.74. The third kappa shape index (κ3) is 1.24. The highest BCUT2D eigenvalue weighted by Gasteiger charge is 2.41. The van der Waals surface area contributed by atoms with Crippen molar-refractivity contribution < 1.29 is 9.84 Å². The van der Waals surface area contributed by atoms with Gasteiger partial charge >= 0.3 is 0 Å². The Morgan fingerprint density at radius 3 is 2.56 bits per heavy atom. The molecule has 0 aromatic heterocycles. The van der Waals surface area contributed by atoms with E-state index >= 15 is 0 Å². The molecule has 0 spiro atoms. The van der Waals surface area contributed by atoms with E-state index < -0.39 is 6.29 Å². The third-order valence-electron chi connectivity index (χ3n) is 1.55. The lowest BCUT2D eigenvalue weighted by atomic mass is 10.0. The molecule has 3 atom stereocenters. The van der Waals surface area contributed by atoms with Crippen LogP contribution < -0.4 is 0 Å². The van der Waals surface area contributed by atoms with Gasteiger partial charge in [0.1, 0.15) is 6.10 Å². The molecule has 1 aliphatic rings. The maximum absolute atomic E-state index is 8.74. The smallest absolute Gasteiger partial charge is 0.183 e. The van der Waals surface area contributed by atoms with E-state index in [0.29, 0.717) is 0 Å². The van der Waals surface area contributed by atoms with E-state index in [1.54, 1.807) is 0 Å². The van der Waals surface area contributed by atoms with Crippen LogP contribution in [0.1, 0.15) is 13.3 Å². The van der Waals surface area contributed by atoms with Crippen LogP contribution in [0.5, 0.6) is 0 Å². The number of aliphatic hydroxyl groups excluding tert-OH is 1. The summed E-state index contributed by atoms with van der Waals surface area (Å²) in [6.07, 6.45) is 5.34. The van der Waals surface area contributed by atoms with Gasteiger partial charge in [-0.3, -0.25) is 0 Å². The van der Waals surface area contributed by atoms with Crippen molar-refractivity contribution in [1.82, 2.24) is 0 Å². The summed E-state index contributed by atoms with van der Waals surface area (Å²) < 4.78 is 4.77. The number of rotatable bonds is 2. The molecule has 0 aromatic rings. The minimum Gasteiger partial charge on any atom is -0.366 e. The van der Waals surface area contributed by atoms with Crippen LogP contribution in [0.3, 0.4) is 0 Å². The van der Waals surface area contributed by atoms with Crippen molar-refractivity contribution in [2.75, 3.05) is 0 Å². The highest BCUT2D eigenvalue weighted by atomic mass is 16.7. The van der Waals surface area contributed by atoms with Crippen LogP contribution in [0.25, 0.3) is 0 Å². The number of ether oxygens (including phenoxy) is 1. The van der Waals surface area contributed by atoms with Crippen molar-refractivity contribution in [3.8, 4) is 12.3 Å². The Bertz CT molecular complexity index is 136. The second kappa shape index (κ2) is 2.38. The predicted octanol–water partition coefficient (Wildman–Crippen LogP) is 0.363. The number of hydrogen-bond acceptors (Lipinski definition) is 2. The first-order chi connectivity index (χ1) is 4.29. The molecular weight excluding hydrogens is 116 g/mol. The Kier molecular flexibility index (Phi) is 1.75. The standard InChI is InChI=1S/C7H10O2/c1-3-5(4-2)6-7(8)9-6/h1,5-8H,4H2,2H3. The summed E-state index contributed by atoms with van der Waals surface area (Å²) in [7, 11) is 0. The molecule has 0 aliphatic carbocycles. The molecule has 0 saturated carbocycles. The van der Waals surface area contributed by atoms with Gasteiger partial charge in [0.15, 0.2) is 6.29 Å². The van der Waals surface area contributed by atoms with E-state index in [1.165, 1.54) is 0 Å². The highest BCUT2D eigenvalue weighted by molar-refractivity contribution is 5.01. The van der Waals surface area contributed by atoms with Crippen LogP contribution in [-0.4, -0.2) is 17.5 Å². The summed E-state index contributed by atoms with van der Waals surface area (Å²) in [6, 6.07) is 0. The van der Waals surface area contributed by atoms with Crippen molar-refractivity contribution in [3.63, 3.8) is 0 Å². The van der Waals surface area contributed by atoms with Crippen LogP contribution in [0.15, 0.2) is 0 Å². The average molecular weight is 126 g/mol. The zero-order chi connectivity index (χ0) is 6.85. The maximum atomic E-state index is 8.74. The zero-order valence-electron chi connectivity index (χ0n) is 5.37. The molecule has 0 aromatic carbocycles. The molecule has 1 aliphatic heterocycles. The van der Waals surface area contributed by atoms with Crippen molar-refractivity contribution >= 4 is 0 Å². The summed E-state index contributed by atoms with van der Waals surface area (Å²) >= 11 is 0. The van der Waals surface area contributed by atoms with Gasteiger partial charge in [-0.15, -0.1) is 12.3 Å². The van der Waals surface area contributed by atoms with E-state index in [2.05, 4.69) is 5.92 Å². The lowest BCUT2D eigenvalue weighted by Crippen LogP contribution is -2.06. The van der Waals surface area contributed by atoms with Gasteiger partial charge in [0.05, 0.1) is 5.92 Å². The first kappa shape index (κ1) is 6.60. The summed E-state index contributed by atoms with van der Waals surface area (Å²) in [4.78, 5) is 0. The molecule has 0 bridgehead atoms. The summed E-state index contributed by atoms with van der Waals surface area (Å²) in [5.41, 5.74) is 0. The van der Waals surface area contributed by atoms with Gasteiger partial charge in [-0.2, -0.15) is 0 Å². The van der Waals surface area contributed by atoms with Gasteiger partial charge < -0.3 is 9.84 Å². The minimum absolute atomic E-state index is 0.0833. The van der Waals surface area contributed by atoms with Crippen LogP contribution >= 0.6 is 0 Å². The fraction of sp³-hybridized carbons (Fsp3) is 0.714. The molecule has 1 fully saturated rings. The predicted molar refractivity (Wildman–Crippen MR) is 33.5 cm³/mol. The van der Waals surface area contributed by atoms with Crippen LogP contribution in [0, 0.1) is 18.3 Å². The molecule has 50 valence electrons. The number of hydrogen-bond donors (Lipinski definition) is 1. The fourth-order valence-electron chi connectivity index (χ4n) is 0.854. The highest BCUT2D eigenvalue weighted by Crippen LogP contribution is 2.28. The molecule has 2 nitrogen and oxygen atoms in total. The normalized spacial score (nSPS) is 35.2. The third-order valence-corrected chi connectivity index (χ3v) is 1.55. The van der Waals surface area contributed by atoms with E-state index in [1.807, 2.05) is 6.92 Å². The van der Waals surface area contributed by atoms with Gasteiger partial charge in [-0.1, -0.05) is 6.92 Å².